The lowest BCUT2D eigenvalue weighted by molar-refractivity contribution is -0.524. The summed E-state index contributed by atoms with van der Waals surface area (Å²) in [6, 6.07) is 0. The predicted molar refractivity (Wildman–Crippen MR) is 38.1 cm³/mol. The average Bonchev–Trinajstić information content (AvgIpc) is 1.89. The normalized spacial score (nSPS) is 30.5. The topological polar surface area (TPSA) is 55.5 Å². The highest BCUT2D eigenvalue weighted by molar-refractivity contribution is 6.24. The molecule has 0 aromatic heterocycles. The predicted octanol–water partition coefficient (Wildman–Crippen LogP) is 0.839. The molecule has 1 unspecified atom stereocenters. The van der Waals surface area contributed by atoms with E-state index in [4.69, 9.17) is 11.6 Å². The molecule has 0 aromatic carbocycles. The van der Waals surface area contributed by atoms with E-state index in [1.807, 2.05) is 0 Å². The fourth-order valence-electron chi connectivity index (χ4n) is 0.603. The highest BCUT2D eigenvalue weighted by Gasteiger charge is 2.37. The molecule has 1 aliphatic heterocycles. The number of hydrogen-bond acceptors (Lipinski definition) is 3. The first kappa shape index (κ1) is 7.21. The smallest absolute Gasteiger partial charge is 0.284 e. The maximum Gasteiger partial charge on any atom is 0.333 e. The molecule has 0 saturated heterocycles. The Hall–Kier alpha value is -0.900. The van der Waals surface area contributed by atoms with E-state index in [2.05, 4.69) is 4.99 Å². The van der Waals surface area contributed by atoms with Crippen molar-refractivity contribution in [2.24, 2.45) is 4.99 Å². The molecule has 0 N–H and O–H groups in total. The number of dihydropyridines is 1. The Labute approximate surface area is 62.4 Å². The minimum absolute atomic E-state index is 0.0120. The van der Waals surface area contributed by atoms with Gasteiger partial charge in [-0.15, -0.1) is 0 Å². The second-order valence-electron chi connectivity index (χ2n) is 1.92. The summed E-state index contributed by atoms with van der Waals surface area (Å²) in [5.74, 6) is 0. The van der Waals surface area contributed by atoms with Crippen LogP contribution in [0.5, 0.6) is 0 Å². The Kier molecular flexibility index (Phi) is 1.72. The van der Waals surface area contributed by atoms with E-state index < -0.39 is 9.92 Å². The molecule has 0 aromatic rings. The Morgan fingerprint density at radius 2 is 2.50 bits per heavy atom. The van der Waals surface area contributed by atoms with Gasteiger partial charge in [0.25, 0.3) is 0 Å². The monoisotopic (exact) mass is 160 g/mol. The van der Waals surface area contributed by atoms with Crippen LogP contribution < -0.4 is 0 Å². The molecular weight excluding hydrogens is 156 g/mol. The van der Waals surface area contributed by atoms with Crippen molar-refractivity contribution in [2.75, 3.05) is 6.54 Å². The van der Waals surface area contributed by atoms with E-state index in [1.54, 1.807) is 0 Å². The molecule has 4 nitrogen and oxygen atoms in total. The summed E-state index contributed by atoms with van der Waals surface area (Å²) in [6.45, 7) is 0.0120. The first-order valence-corrected chi connectivity index (χ1v) is 3.04. The van der Waals surface area contributed by atoms with Gasteiger partial charge in [-0.3, -0.25) is 15.1 Å². The number of nitro groups is 1. The third kappa shape index (κ3) is 1.16. The number of allylic oxidation sites excluding steroid dienone is 1. The van der Waals surface area contributed by atoms with Crippen molar-refractivity contribution in [1.82, 2.24) is 0 Å². The second kappa shape index (κ2) is 2.38. The standard InChI is InChI=1S/C5H5ClN2O2/c6-5(8(9)10)2-1-3-7-4-5/h1-3H,4H2. The number of nitrogens with zero attached hydrogens (tertiary/aromatic N) is 2. The maximum absolute atomic E-state index is 10.2. The van der Waals surface area contributed by atoms with Crippen LogP contribution in [-0.2, 0) is 0 Å². The highest BCUT2D eigenvalue weighted by Crippen LogP contribution is 2.19. The summed E-state index contributed by atoms with van der Waals surface area (Å²) in [5, 5.41) is 10.2. The zero-order valence-corrected chi connectivity index (χ0v) is 5.78. The van der Waals surface area contributed by atoms with E-state index in [9.17, 15) is 10.1 Å². The van der Waals surface area contributed by atoms with E-state index in [1.165, 1.54) is 18.4 Å². The molecule has 1 atom stereocenters. The summed E-state index contributed by atoms with van der Waals surface area (Å²) in [7, 11) is 0. The van der Waals surface area contributed by atoms with Crippen LogP contribution in [0, 0.1) is 10.1 Å². The fraction of sp³-hybridized carbons (Fsp3) is 0.400. The second-order valence-corrected chi connectivity index (χ2v) is 2.58. The van der Waals surface area contributed by atoms with Crippen LogP contribution >= 0.6 is 11.6 Å². The number of aliphatic imine (C=N–C) groups is 1. The van der Waals surface area contributed by atoms with Crippen LogP contribution in [0.1, 0.15) is 0 Å². The molecule has 5 heteroatoms. The lowest BCUT2D eigenvalue weighted by Gasteiger charge is -2.12. The van der Waals surface area contributed by atoms with E-state index >= 15 is 0 Å². The van der Waals surface area contributed by atoms with Gasteiger partial charge in [-0.05, 0) is 17.7 Å². The lowest BCUT2D eigenvalue weighted by Crippen LogP contribution is -2.34. The third-order valence-corrected chi connectivity index (χ3v) is 1.54. The maximum atomic E-state index is 10.2. The Morgan fingerprint density at radius 1 is 1.80 bits per heavy atom. The Bertz CT molecular complexity index is 214. The number of hydrogen-bond donors (Lipinski definition) is 0. The van der Waals surface area contributed by atoms with Crippen molar-refractivity contribution in [2.45, 2.75) is 5.00 Å². The van der Waals surface area contributed by atoms with Crippen molar-refractivity contribution < 1.29 is 4.92 Å². The summed E-state index contributed by atoms with van der Waals surface area (Å²) >= 11 is 5.51. The minimum Gasteiger partial charge on any atom is -0.284 e. The molecule has 1 heterocycles. The number of alkyl halides is 1. The van der Waals surface area contributed by atoms with Crippen LogP contribution in [0.3, 0.4) is 0 Å². The summed E-state index contributed by atoms with van der Waals surface area (Å²) < 4.78 is 0. The van der Waals surface area contributed by atoms with Gasteiger partial charge in [0.2, 0.25) is 0 Å². The molecule has 0 saturated carbocycles. The molecule has 0 radical (unpaired) electrons. The summed E-state index contributed by atoms with van der Waals surface area (Å²) in [6.07, 6.45) is 4.28. The number of rotatable bonds is 1. The van der Waals surface area contributed by atoms with Gasteiger partial charge >= 0.3 is 5.00 Å². The molecule has 0 bridgehead atoms. The molecule has 0 spiro atoms. The van der Waals surface area contributed by atoms with Gasteiger partial charge in [-0.2, -0.15) is 0 Å². The first-order chi connectivity index (χ1) is 4.65. The van der Waals surface area contributed by atoms with Gasteiger partial charge in [0.15, 0.2) is 0 Å². The zero-order valence-electron chi connectivity index (χ0n) is 5.03. The molecule has 10 heavy (non-hydrogen) atoms. The van der Waals surface area contributed by atoms with Gasteiger partial charge in [0.1, 0.15) is 6.54 Å². The van der Waals surface area contributed by atoms with Gasteiger partial charge in [-0.25, -0.2) is 0 Å². The van der Waals surface area contributed by atoms with E-state index in [0.717, 1.165) is 0 Å². The quantitative estimate of drug-likeness (QED) is 0.247. The van der Waals surface area contributed by atoms with Crippen LogP contribution in [-0.4, -0.2) is 22.7 Å². The molecule has 54 valence electrons. The minimum atomic E-state index is -1.51. The summed E-state index contributed by atoms with van der Waals surface area (Å²) in [5.41, 5.74) is 0. The van der Waals surface area contributed by atoms with Gasteiger partial charge < -0.3 is 0 Å². The molecule has 0 fully saturated rings. The molecule has 0 amide bonds. The van der Waals surface area contributed by atoms with E-state index in [0.29, 0.717) is 0 Å². The van der Waals surface area contributed by atoms with Crippen molar-refractivity contribution in [3.63, 3.8) is 0 Å². The lowest BCUT2D eigenvalue weighted by atomic mass is 10.2. The Morgan fingerprint density at radius 3 is 2.80 bits per heavy atom. The van der Waals surface area contributed by atoms with Crippen molar-refractivity contribution in [3.8, 4) is 0 Å². The Balaban J connectivity index is 2.80. The number of halogens is 1. The van der Waals surface area contributed by atoms with Crippen LogP contribution in [0.15, 0.2) is 17.1 Å². The SMILES string of the molecule is O=[N+]([O-])C1(Cl)C=CC=NC1. The zero-order chi connectivity index (χ0) is 7.61. The molecular formula is C5H5ClN2O2. The van der Waals surface area contributed by atoms with Gasteiger partial charge in [-0.1, -0.05) is 0 Å². The van der Waals surface area contributed by atoms with Crippen LogP contribution in [0.4, 0.5) is 0 Å². The van der Waals surface area contributed by atoms with E-state index in [-0.39, 0.29) is 6.54 Å². The van der Waals surface area contributed by atoms with Crippen LogP contribution in [0.2, 0.25) is 0 Å². The summed E-state index contributed by atoms with van der Waals surface area (Å²) in [4.78, 5) is 11.8. The first-order valence-electron chi connectivity index (χ1n) is 2.66. The van der Waals surface area contributed by atoms with Crippen molar-refractivity contribution in [1.29, 1.82) is 0 Å². The fourth-order valence-corrected chi connectivity index (χ4v) is 0.745. The average molecular weight is 161 g/mol. The van der Waals surface area contributed by atoms with Crippen LogP contribution in [0.25, 0.3) is 0 Å². The molecule has 1 rings (SSSR count). The molecule has 0 aliphatic carbocycles. The van der Waals surface area contributed by atoms with Gasteiger partial charge in [0, 0.05) is 17.2 Å². The van der Waals surface area contributed by atoms with Crippen molar-refractivity contribution >= 4 is 17.8 Å². The highest BCUT2D eigenvalue weighted by atomic mass is 35.5. The molecule has 1 aliphatic rings. The third-order valence-electron chi connectivity index (χ3n) is 1.16. The largest absolute Gasteiger partial charge is 0.333 e. The van der Waals surface area contributed by atoms with Crippen molar-refractivity contribution in [3.05, 3.63) is 22.3 Å². The van der Waals surface area contributed by atoms with Gasteiger partial charge in [0.05, 0.1) is 0 Å².